The van der Waals surface area contributed by atoms with E-state index < -0.39 is 0 Å². The summed E-state index contributed by atoms with van der Waals surface area (Å²) >= 11 is 0. The number of hydrogen-bond donors (Lipinski definition) is 2. The van der Waals surface area contributed by atoms with Gasteiger partial charge in [-0.2, -0.15) is 0 Å². The molecule has 0 bridgehead atoms. The smallest absolute Gasteiger partial charge is 0.191 e. The van der Waals surface area contributed by atoms with Crippen LogP contribution in [0.15, 0.2) is 17.1 Å². The predicted molar refractivity (Wildman–Crippen MR) is 109 cm³/mol. The molecule has 0 unspecified atom stereocenters. The lowest BCUT2D eigenvalue weighted by Crippen LogP contribution is -2.48. The molecule has 0 amide bonds. The molecule has 0 saturated carbocycles. The molecule has 1 rings (SSSR count). The van der Waals surface area contributed by atoms with E-state index in [4.69, 9.17) is 14.2 Å². The molecule has 0 radical (unpaired) electrons. The van der Waals surface area contributed by atoms with Gasteiger partial charge in [-0.1, -0.05) is 0 Å². The second-order valence-corrected chi connectivity index (χ2v) is 6.13. The van der Waals surface area contributed by atoms with Crippen LogP contribution in [0.2, 0.25) is 0 Å². The molecule has 0 aliphatic rings. The monoisotopic (exact) mass is 451 g/mol. The summed E-state index contributed by atoms with van der Waals surface area (Å²) < 4.78 is 16.2. The number of aliphatic imine (C=N–C) groups is 1. The predicted octanol–water partition coefficient (Wildman–Crippen LogP) is 2.84. The van der Waals surface area contributed by atoms with Crippen LogP contribution >= 0.6 is 24.0 Å². The van der Waals surface area contributed by atoms with Gasteiger partial charge in [-0.15, -0.1) is 24.0 Å². The molecule has 0 fully saturated rings. The maximum absolute atomic E-state index is 5.46. The zero-order chi connectivity index (χ0) is 17.5. The Labute approximate surface area is 162 Å². The SMILES string of the molecule is CN=C(NCCc1c(OC)cc(OC)cc1OC)NC(C)(C)C.I. The van der Waals surface area contributed by atoms with Crippen LogP contribution < -0.4 is 24.8 Å². The Hall–Kier alpha value is -1.38. The fourth-order valence-corrected chi connectivity index (χ4v) is 2.16. The molecule has 0 heterocycles. The minimum Gasteiger partial charge on any atom is -0.496 e. The zero-order valence-electron chi connectivity index (χ0n) is 15.6. The van der Waals surface area contributed by atoms with Crippen LogP contribution in [-0.4, -0.2) is 46.4 Å². The number of benzene rings is 1. The highest BCUT2D eigenvalue weighted by Crippen LogP contribution is 2.34. The van der Waals surface area contributed by atoms with Gasteiger partial charge in [0.05, 0.1) is 21.3 Å². The normalized spacial score (nSPS) is 11.4. The van der Waals surface area contributed by atoms with E-state index in [1.807, 2.05) is 12.1 Å². The van der Waals surface area contributed by atoms with Gasteiger partial charge in [-0.3, -0.25) is 4.99 Å². The first-order chi connectivity index (χ1) is 10.8. The van der Waals surface area contributed by atoms with E-state index >= 15 is 0 Å². The lowest BCUT2D eigenvalue weighted by atomic mass is 10.1. The maximum Gasteiger partial charge on any atom is 0.191 e. The van der Waals surface area contributed by atoms with Crippen LogP contribution in [0.4, 0.5) is 0 Å². The van der Waals surface area contributed by atoms with Crippen molar-refractivity contribution in [2.45, 2.75) is 32.7 Å². The van der Waals surface area contributed by atoms with Gasteiger partial charge in [0.15, 0.2) is 5.96 Å². The molecule has 0 saturated heterocycles. The molecule has 0 atom stereocenters. The average molecular weight is 451 g/mol. The van der Waals surface area contributed by atoms with Crippen molar-refractivity contribution in [1.29, 1.82) is 0 Å². The van der Waals surface area contributed by atoms with Gasteiger partial charge in [-0.25, -0.2) is 0 Å². The summed E-state index contributed by atoms with van der Waals surface area (Å²) in [5.74, 6) is 2.98. The lowest BCUT2D eigenvalue weighted by molar-refractivity contribution is 0.368. The van der Waals surface area contributed by atoms with E-state index in [1.165, 1.54) is 0 Å². The second kappa shape index (κ2) is 10.5. The highest BCUT2D eigenvalue weighted by Gasteiger charge is 2.14. The van der Waals surface area contributed by atoms with Crippen molar-refractivity contribution >= 4 is 29.9 Å². The molecule has 0 aromatic heterocycles. The number of hydrogen-bond acceptors (Lipinski definition) is 4. The van der Waals surface area contributed by atoms with E-state index in [-0.39, 0.29) is 29.5 Å². The summed E-state index contributed by atoms with van der Waals surface area (Å²) in [4.78, 5) is 4.23. The van der Waals surface area contributed by atoms with Crippen molar-refractivity contribution in [1.82, 2.24) is 10.6 Å². The van der Waals surface area contributed by atoms with Crippen molar-refractivity contribution in [2.24, 2.45) is 4.99 Å². The molecule has 1 aromatic rings. The Balaban J connectivity index is 0.00000529. The van der Waals surface area contributed by atoms with Gasteiger partial charge in [-0.05, 0) is 27.2 Å². The molecule has 7 heteroatoms. The topological polar surface area (TPSA) is 64.1 Å². The summed E-state index contributed by atoms with van der Waals surface area (Å²) in [6, 6.07) is 3.72. The fourth-order valence-electron chi connectivity index (χ4n) is 2.16. The third-order valence-electron chi connectivity index (χ3n) is 3.20. The van der Waals surface area contributed by atoms with Crippen LogP contribution in [-0.2, 0) is 6.42 Å². The Bertz CT molecular complexity index is 517. The highest BCUT2D eigenvalue weighted by molar-refractivity contribution is 14.0. The van der Waals surface area contributed by atoms with Crippen molar-refractivity contribution in [3.05, 3.63) is 17.7 Å². The molecule has 6 nitrogen and oxygen atoms in total. The number of halogens is 1. The van der Waals surface area contributed by atoms with Gasteiger partial charge in [0, 0.05) is 36.8 Å². The number of guanidine groups is 1. The third kappa shape index (κ3) is 7.02. The van der Waals surface area contributed by atoms with Gasteiger partial charge in [0.2, 0.25) is 0 Å². The Kier molecular flexibility index (Phi) is 9.88. The average Bonchev–Trinajstić information content (AvgIpc) is 2.52. The number of nitrogens with zero attached hydrogens (tertiary/aromatic N) is 1. The van der Waals surface area contributed by atoms with Crippen molar-refractivity contribution in [2.75, 3.05) is 34.9 Å². The van der Waals surface area contributed by atoms with E-state index in [0.717, 1.165) is 29.4 Å². The number of nitrogens with one attached hydrogen (secondary N) is 2. The molecule has 0 aliphatic carbocycles. The minimum atomic E-state index is -0.0443. The summed E-state index contributed by atoms with van der Waals surface area (Å²) in [7, 11) is 6.67. The van der Waals surface area contributed by atoms with E-state index in [9.17, 15) is 0 Å². The number of rotatable bonds is 6. The molecule has 2 N–H and O–H groups in total. The zero-order valence-corrected chi connectivity index (χ0v) is 18.0. The molecule has 1 aromatic carbocycles. The fraction of sp³-hybridized carbons (Fsp3) is 0.588. The van der Waals surface area contributed by atoms with E-state index in [2.05, 4.69) is 36.4 Å². The quantitative estimate of drug-likeness (QED) is 0.396. The van der Waals surface area contributed by atoms with Crippen LogP contribution in [0.25, 0.3) is 0 Å². The maximum atomic E-state index is 5.46. The first-order valence-electron chi connectivity index (χ1n) is 7.62. The minimum absolute atomic E-state index is 0. The molecular formula is C17H30IN3O3. The molecular weight excluding hydrogens is 421 g/mol. The van der Waals surface area contributed by atoms with Gasteiger partial charge in [0.25, 0.3) is 0 Å². The van der Waals surface area contributed by atoms with Crippen LogP contribution in [0, 0.1) is 0 Å². The standard InChI is InChI=1S/C17H29N3O3.HI/c1-17(2,3)20-16(18-4)19-9-8-13-14(22-6)10-12(21-5)11-15(13)23-7;/h10-11H,8-9H2,1-7H3,(H2,18,19,20);1H. The van der Waals surface area contributed by atoms with Gasteiger partial charge in [0.1, 0.15) is 17.2 Å². The molecule has 0 spiro atoms. The Morgan fingerprint density at radius 3 is 1.96 bits per heavy atom. The Morgan fingerprint density at radius 2 is 1.58 bits per heavy atom. The number of ether oxygens (including phenoxy) is 3. The highest BCUT2D eigenvalue weighted by atomic mass is 127. The van der Waals surface area contributed by atoms with Crippen molar-refractivity contribution in [3.8, 4) is 17.2 Å². The summed E-state index contributed by atoms with van der Waals surface area (Å²) in [5, 5.41) is 6.63. The van der Waals surface area contributed by atoms with Crippen molar-refractivity contribution < 1.29 is 14.2 Å². The largest absolute Gasteiger partial charge is 0.496 e. The van der Waals surface area contributed by atoms with Crippen molar-refractivity contribution in [3.63, 3.8) is 0 Å². The van der Waals surface area contributed by atoms with Crippen LogP contribution in [0.5, 0.6) is 17.2 Å². The van der Waals surface area contributed by atoms with E-state index in [0.29, 0.717) is 12.3 Å². The lowest BCUT2D eigenvalue weighted by Gasteiger charge is -2.24. The Morgan fingerprint density at radius 1 is 1.04 bits per heavy atom. The van der Waals surface area contributed by atoms with E-state index in [1.54, 1.807) is 28.4 Å². The van der Waals surface area contributed by atoms with Crippen LogP contribution in [0.3, 0.4) is 0 Å². The summed E-state index contributed by atoms with van der Waals surface area (Å²) in [6.45, 7) is 6.98. The van der Waals surface area contributed by atoms with Crippen LogP contribution in [0.1, 0.15) is 26.3 Å². The summed E-state index contributed by atoms with van der Waals surface area (Å²) in [6.07, 6.45) is 0.737. The first kappa shape index (κ1) is 22.6. The first-order valence-corrected chi connectivity index (χ1v) is 7.62. The van der Waals surface area contributed by atoms with Gasteiger partial charge < -0.3 is 24.8 Å². The van der Waals surface area contributed by atoms with Gasteiger partial charge >= 0.3 is 0 Å². The summed E-state index contributed by atoms with van der Waals surface area (Å²) in [5.41, 5.74) is 0.951. The molecule has 0 aliphatic heterocycles. The molecule has 138 valence electrons. The molecule has 24 heavy (non-hydrogen) atoms. The second-order valence-electron chi connectivity index (χ2n) is 6.13. The number of methoxy groups -OCH3 is 3. The third-order valence-corrected chi connectivity index (χ3v) is 3.20.